The number of hydrogen-bond donors (Lipinski definition) is 1. The van der Waals surface area contributed by atoms with Gasteiger partial charge in [0.15, 0.2) is 0 Å². The van der Waals surface area contributed by atoms with E-state index in [-0.39, 0.29) is 6.00 Å². The summed E-state index contributed by atoms with van der Waals surface area (Å²) in [5.41, 5.74) is 0. The van der Waals surface area contributed by atoms with Crippen molar-refractivity contribution in [3.63, 3.8) is 0 Å². The van der Waals surface area contributed by atoms with Crippen LogP contribution in [0.3, 0.4) is 0 Å². The van der Waals surface area contributed by atoms with Gasteiger partial charge in [-0.25, -0.2) is 0 Å². The molecule has 0 aromatic rings. The molecule has 0 spiro atoms. The predicted octanol–water partition coefficient (Wildman–Crippen LogP) is -0.511. The van der Waals surface area contributed by atoms with Crippen molar-refractivity contribution >= 4 is 7.85 Å². The molecule has 1 rings (SSSR count). The van der Waals surface area contributed by atoms with Crippen LogP contribution in [-0.4, -0.2) is 33.0 Å². The molecule has 1 heterocycles. The molecule has 0 bridgehead atoms. The molecule has 3 heteroatoms. The van der Waals surface area contributed by atoms with E-state index in [1.54, 1.807) is 0 Å². The number of nitrogens with one attached hydrogen (secondary N) is 1. The van der Waals surface area contributed by atoms with Crippen LogP contribution in [0.4, 0.5) is 0 Å². The summed E-state index contributed by atoms with van der Waals surface area (Å²) >= 11 is 0. The van der Waals surface area contributed by atoms with Gasteiger partial charge in [-0.15, -0.1) is 0 Å². The molecule has 44 valence electrons. The maximum Gasteiger partial charge on any atom is 0.108 e. The Labute approximate surface area is 51.0 Å². The van der Waals surface area contributed by atoms with Crippen LogP contribution in [0.2, 0.25) is 0 Å². The van der Waals surface area contributed by atoms with Crippen molar-refractivity contribution < 1.29 is 4.74 Å². The van der Waals surface area contributed by atoms with Crippen LogP contribution in [-0.2, 0) is 4.74 Å². The summed E-state index contributed by atoms with van der Waals surface area (Å²) in [4.78, 5) is 0. The Morgan fingerprint density at radius 1 is 1.75 bits per heavy atom. The second kappa shape index (κ2) is 2.51. The summed E-state index contributed by atoms with van der Waals surface area (Å²) in [5.74, 6) is 0. The first-order valence-corrected chi connectivity index (χ1v) is 2.91. The van der Waals surface area contributed by atoms with Crippen molar-refractivity contribution in [2.24, 2.45) is 0 Å². The molecule has 1 unspecified atom stereocenters. The van der Waals surface area contributed by atoms with E-state index in [9.17, 15) is 0 Å². The third kappa shape index (κ3) is 1.49. The van der Waals surface area contributed by atoms with Crippen LogP contribution in [0.5, 0.6) is 0 Å². The molecule has 0 aliphatic carbocycles. The average Bonchev–Trinajstić information content (AvgIpc) is 1.55. The van der Waals surface area contributed by atoms with Gasteiger partial charge in [0.2, 0.25) is 0 Å². The second-order valence-electron chi connectivity index (χ2n) is 2.12. The lowest BCUT2D eigenvalue weighted by Gasteiger charge is -2.29. The van der Waals surface area contributed by atoms with Gasteiger partial charge in [0.1, 0.15) is 7.85 Å². The van der Waals surface area contributed by atoms with Crippen LogP contribution < -0.4 is 5.32 Å². The molecule has 0 aromatic carbocycles. The summed E-state index contributed by atoms with van der Waals surface area (Å²) in [6.45, 7) is 3.77. The number of rotatable bonds is 2. The quantitative estimate of drug-likeness (QED) is 0.484. The fourth-order valence-electron chi connectivity index (χ4n) is 0.662. The molecule has 8 heavy (non-hydrogen) atoms. The highest BCUT2D eigenvalue weighted by Gasteiger charge is 2.17. The molecule has 0 amide bonds. The zero-order valence-electron chi connectivity index (χ0n) is 5.05. The van der Waals surface area contributed by atoms with Crippen molar-refractivity contribution in [2.75, 3.05) is 13.1 Å². The first-order chi connectivity index (χ1) is 3.79. The summed E-state index contributed by atoms with van der Waals surface area (Å²) in [5, 5.41) is 3.09. The molecule has 2 nitrogen and oxygen atoms in total. The topological polar surface area (TPSA) is 21.3 Å². The van der Waals surface area contributed by atoms with Crippen LogP contribution in [0, 0.1) is 0 Å². The molecular formula is C5H10BNO. The Kier molecular flexibility index (Phi) is 1.92. The minimum Gasteiger partial charge on any atom is -0.382 e. The third-order valence-corrected chi connectivity index (χ3v) is 1.15. The minimum atomic E-state index is -0.109. The Bertz CT molecular complexity index is 72.8. The molecule has 1 fully saturated rings. The van der Waals surface area contributed by atoms with Crippen molar-refractivity contribution in [1.82, 2.24) is 5.32 Å². The molecular weight excluding hydrogens is 101 g/mol. The van der Waals surface area contributed by atoms with E-state index in [4.69, 9.17) is 12.6 Å². The van der Waals surface area contributed by atoms with Gasteiger partial charge in [-0.3, -0.25) is 0 Å². The standard InChI is InChI=1S/C5H10BNO/c1-4(6)8-5-2-7-3-5/h4-5,7H,2-3H2,1H3. The minimum absolute atomic E-state index is 0.109. The molecule has 0 aromatic heterocycles. The van der Waals surface area contributed by atoms with E-state index in [1.165, 1.54) is 0 Å². The average molecular weight is 111 g/mol. The van der Waals surface area contributed by atoms with Crippen molar-refractivity contribution in [3.8, 4) is 0 Å². The van der Waals surface area contributed by atoms with E-state index in [1.807, 2.05) is 6.92 Å². The Morgan fingerprint density at radius 2 is 2.38 bits per heavy atom. The van der Waals surface area contributed by atoms with E-state index >= 15 is 0 Å². The van der Waals surface area contributed by atoms with Gasteiger partial charge in [-0.2, -0.15) is 0 Å². The molecule has 1 atom stereocenters. The SMILES string of the molecule is [B]C(C)OC1CNC1. The van der Waals surface area contributed by atoms with Crippen LogP contribution >= 0.6 is 0 Å². The molecule has 1 saturated heterocycles. The predicted molar refractivity (Wildman–Crippen MR) is 33.0 cm³/mol. The molecule has 1 aliphatic heterocycles. The zero-order chi connectivity index (χ0) is 5.98. The van der Waals surface area contributed by atoms with Crippen molar-refractivity contribution in [1.29, 1.82) is 0 Å². The maximum atomic E-state index is 5.35. The first kappa shape index (κ1) is 6.11. The van der Waals surface area contributed by atoms with E-state index in [0.29, 0.717) is 6.10 Å². The lowest BCUT2D eigenvalue weighted by Crippen LogP contribution is -2.49. The van der Waals surface area contributed by atoms with Gasteiger partial charge in [-0.05, 0) is 6.92 Å². The van der Waals surface area contributed by atoms with Gasteiger partial charge in [-0.1, -0.05) is 0 Å². The Hall–Kier alpha value is -0.0151. The third-order valence-electron chi connectivity index (χ3n) is 1.15. The highest BCUT2D eigenvalue weighted by atomic mass is 16.5. The van der Waals surface area contributed by atoms with Gasteiger partial charge >= 0.3 is 0 Å². The van der Waals surface area contributed by atoms with Crippen LogP contribution in [0.1, 0.15) is 6.92 Å². The second-order valence-corrected chi connectivity index (χ2v) is 2.12. The van der Waals surface area contributed by atoms with Gasteiger partial charge in [0, 0.05) is 19.1 Å². The zero-order valence-corrected chi connectivity index (χ0v) is 5.05. The summed E-state index contributed by atoms with van der Waals surface area (Å²) in [6.07, 6.45) is 0.370. The van der Waals surface area contributed by atoms with Gasteiger partial charge in [0.05, 0.1) is 6.10 Å². The molecule has 0 saturated carbocycles. The number of hydrogen-bond acceptors (Lipinski definition) is 2. The van der Waals surface area contributed by atoms with E-state index < -0.39 is 0 Å². The fraction of sp³-hybridized carbons (Fsp3) is 1.00. The van der Waals surface area contributed by atoms with E-state index in [2.05, 4.69) is 5.32 Å². The summed E-state index contributed by atoms with van der Waals surface area (Å²) in [7, 11) is 5.35. The normalized spacial score (nSPS) is 24.6. The summed E-state index contributed by atoms with van der Waals surface area (Å²) < 4.78 is 5.20. The largest absolute Gasteiger partial charge is 0.382 e. The van der Waals surface area contributed by atoms with Crippen molar-refractivity contribution in [2.45, 2.75) is 19.0 Å². The van der Waals surface area contributed by atoms with Crippen LogP contribution in [0.15, 0.2) is 0 Å². The molecule has 2 radical (unpaired) electrons. The first-order valence-electron chi connectivity index (χ1n) is 2.91. The Morgan fingerprint density at radius 3 is 2.50 bits per heavy atom. The number of ether oxygens (including phenoxy) is 1. The maximum absolute atomic E-state index is 5.35. The summed E-state index contributed by atoms with van der Waals surface area (Å²) in [6, 6.07) is -0.109. The highest BCUT2D eigenvalue weighted by molar-refractivity contribution is 6.10. The Balaban J connectivity index is 2.01. The fourth-order valence-corrected chi connectivity index (χ4v) is 0.662. The highest BCUT2D eigenvalue weighted by Crippen LogP contribution is 1.99. The smallest absolute Gasteiger partial charge is 0.108 e. The lowest BCUT2D eigenvalue weighted by atomic mass is 10.0. The van der Waals surface area contributed by atoms with Gasteiger partial charge < -0.3 is 10.1 Å². The van der Waals surface area contributed by atoms with Crippen LogP contribution in [0.25, 0.3) is 0 Å². The monoisotopic (exact) mass is 111 g/mol. The lowest BCUT2D eigenvalue weighted by molar-refractivity contribution is 0.00700. The van der Waals surface area contributed by atoms with Gasteiger partial charge in [0.25, 0.3) is 0 Å². The molecule has 1 N–H and O–H groups in total. The molecule has 1 aliphatic rings. The van der Waals surface area contributed by atoms with E-state index in [0.717, 1.165) is 13.1 Å². The van der Waals surface area contributed by atoms with Crippen molar-refractivity contribution in [3.05, 3.63) is 0 Å².